The van der Waals surface area contributed by atoms with Gasteiger partial charge in [0.05, 0.1) is 13.0 Å². The summed E-state index contributed by atoms with van der Waals surface area (Å²) in [5.41, 5.74) is 5.11. The molecule has 0 heterocycles. The van der Waals surface area contributed by atoms with Crippen molar-refractivity contribution >= 4 is 17.8 Å². The molecule has 6 nitrogen and oxygen atoms in total. The number of rotatable bonds is 6. The van der Waals surface area contributed by atoms with Crippen molar-refractivity contribution in [1.82, 2.24) is 4.90 Å². The summed E-state index contributed by atoms with van der Waals surface area (Å²) in [6.45, 7) is -0.108. The Labute approximate surface area is 99.8 Å². The van der Waals surface area contributed by atoms with Gasteiger partial charge in [-0.2, -0.15) is 0 Å². The summed E-state index contributed by atoms with van der Waals surface area (Å²) in [4.78, 5) is 34.6. The van der Waals surface area contributed by atoms with Gasteiger partial charge in [0.25, 0.3) is 0 Å². The summed E-state index contributed by atoms with van der Waals surface area (Å²) in [6, 6.07) is 0.0452. The summed E-state index contributed by atoms with van der Waals surface area (Å²) >= 11 is 0. The zero-order chi connectivity index (χ0) is 12.8. The zero-order valence-electron chi connectivity index (χ0n) is 9.72. The highest BCUT2D eigenvalue weighted by Crippen LogP contribution is 2.24. The normalized spacial score (nSPS) is 15.8. The molecule has 0 aromatic heterocycles. The number of primary amides is 1. The largest absolute Gasteiger partial charge is 0.481 e. The minimum atomic E-state index is -1.01. The average Bonchev–Trinajstić information content (AvgIpc) is 2.75. The number of carboxylic acid groups (broad SMARTS) is 1. The van der Waals surface area contributed by atoms with Crippen LogP contribution < -0.4 is 5.73 Å². The van der Waals surface area contributed by atoms with Crippen molar-refractivity contribution in [3.63, 3.8) is 0 Å². The first kappa shape index (κ1) is 13.5. The second kappa shape index (κ2) is 6.22. The molecule has 6 heteroatoms. The lowest BCUT2D eigenvalue weighted by atomic mass is 10.1. The van der Waals surface area contributed by atoms with Crippen LogP contribution in [0.5, 0.6) is 0 Å². The first-order valence-electron chi connectivity index (χ1n) is 5.80. The second-order valence-corrected chi connectivity index (χ2v) is 4.32. The van der Waals surface area contributed by atoms with E-state index in [2.05, 4.69) is 0 Å². The summed E-state index contributed by atoms with van der Waals surface area (Å²) in [6.07, 6.45) is 3.52. The van der Waals surface area contributed by atoms with E-state index in [4.69, 9.17) is 10.8 Å². The fourth-order valence-corrected chi connectivity index (χ4v) is 2.16. The van der Waals surface area contributed by atoms with Gasteiger partial charge in [-0.05, 0) is 12.8 Å². The first-order valence-corrected chi connectivity index (χ1v) is 5.80. The Morgan fingerprint density at radius 3 is 2.24 bits per heavy atom. The molecular weight excluding hydrogens is 224 g/mol. The van der Waals surface area contributed by atoms with Crippen LogP contribution in [-0.2, 0) is 14.4 Å². The number of carboxylic acids is 1. The van der Waals surface area contributed by atoms with Crippen LogP contribution in [-0.4, -0.2) is 40.4 Å². The lowest BCUT2D eigenvalue weighted by Crippen LogP contribution is -2.44. The van der Waals surface area contributed by atoms with Gasteiger partial charge < -0.3 is 15.7 Å². The van der Waals surface area contributed by atoms with Crippen molar-refractivity contribution in [1.29, 1.82) is 0 Å². The fraction of sp³-hybridized carbons (Fsp3) is 0.727. The highest BCUT2D eigenvalue weighted by Gasteiger charge is 2.27. The van der Waals surface area contributed by atoms with Crippen LogP contribution in [0.3, 0.4) is 0 Å². The molecule has 0 unspecified atom stereocenters. The summed E-state index contributed by atoms with van der Waals surface area (Å²) in [5, 5.41) is 8.53. The predicted molar refractivity (Wildman–Crippen MR) is 60.0 cm³/mol. The maximum atomic E-state index is 11.8. The second-order valence-electron chi connectivity index (χ2n) is 4.32. The van der Waals surface area contributed by atoms with Crippen molar-refractivity contribution in [2.75, 3.05) is 6.54 Å². The van der Waals surface area contributed by atoms with Crippen molar-refractivity contribution < 1.29 is 19.5 Å². The van der Waals surface area contributed by atoms with E-state index in [0.29, 0.717) is 0 Å². The molecule has 0 aromatic carbocycles. The maximum absolute atomic E-state index is 11.8. The van der Waals surface area contributed by atoms with E-state index in [1.54, 1.807) is 0 Å². The summed E-state index contributed by atoms with van der Waals surface area (Å²) in [7, 11) is 0. The molecule has 0 atom stereocenters. The number of nitrogens with zero attached hydrogens (tertiary/aromatic N) is 1. The lowest BCUT2D eigenvalue weighted by molar-refractivity contribution is -0.142. The highest BCUT2D eigenvalue weighted by atomic mass is 16.4. The third kappa shape index (κ3) is 4.42. The Balaban J connectivity index is 2.57. The predicted octanol–water partition coefficient (Wildman–Crippen LogP) is 0.108. The molecule has 0 aromatic rings. The monoisotopic (exact) mass is 242 g/mol. The van der Waals surface area contributed by atoms with E-state index in [1.165, 1.54) is 4.90 Å². The fourth-order valence-electron chi connectivity index (χ4n) is 2.16. The van der Waals surface area contributed by atoms with E-state index in [9.17, 15) is 14.4 Å². The number of nitrogens with two attached hydrogens (primary N) is 1. The van der Waals surface area contributed by atoms with Crippen LogP contribution in [0.25, 0.3) is 0 Å². The number of aliphatic carboxylic acids is 1. The Morgan fingerprint density at radius 1 is 1.18 bits per heavy atom. The van der Waals surface area contributed by atoms with Gasteiger partial charge in [-0.3, -0.25) is 14.4 Å². The van der Waals surface area contributed by atoms with E-state index in [-0.39, 0.29) is 31.3 Å². The molecule has 0 aliphatic heterocycles. The Kier molecular flexibility index (Phi) is 4.93. The minimum absolute atomic E-state index is 0.0452. The maximum Gasteiger partial charge on any atom is 0.303 e. The lowest BCUT2D eigenvalue weighted by Gasteiger charge is -2.27. The minimum Gasteiger partial charge on any atom is -0.481 e. The van der Waals surface area contributed by atoms with Crippen LogP contribution in [0.1, 0.15) is 38.5 Å². The first-order chi connectivity index (χ1) is 8.00. The van der Waals surface area contributed by atoms with Crippen molar-refractivity contribution in [3.05, 3.63) is 0 Å². The molecule has 1 aliphatic carbocycles. The molecule has 1 saturated carbocycles. The van der Waals surface area contributed by atoms with Crippen LogP contribution in [0.15, 0.2) is 0 Å². The van der Waals surface area contributed by atoms with E-state index in [1.807, 2.05) is 0 Å². The van der Waals surface area contributed by atoms with E-state index < -0.39 is 11.9 Å². The van der Waals surface area contributed by atoms with Crippen LogP contribution in [0, 0.1) is 0 Å². The number of carbonyl (C=O) groups is 3. The Bertz CT molecular complexity index is 311. The van der Waals surface area contributed by atoms with Crippen LogP contribution in [0.4, 0.5) is 0 Å². The molecular formula is C11H18N2O4. The molecule has 0 spiro atoms. The molecule has 96 valence electrons. The molecule has 1 rings (SSSR count). The Morgan fingerprint density at radius 2 is 1.76 bits per heavy atom. The smallest absolute Gasteiger partial charge is 0.303 e. The molecule has 1 aliphatic rings. The SMILES string of the molecule is NC(=O)CN(C(=O)CCC(=O)O)C1CCCC1. The van der Waals surface area contributed by atoms with Crippen molar-refractivity contribution in [2.45, 2.75) is 44.6 Å². The quantitative estimate of drug-likeness (QED) is 0.690. The number of amides is 2. The van der Waals surface area contributed by atoms with Crippen molar-refractivity contribution in [3.8, 4) is 0 Å². The van der Waals surface area contributed by atoms with Gasteiger partial charge in [-0.25, -0.2) is 0 Å². The van der Waals surface area contributed by atoms with E-state index in [0.717, 1.165) is 25.7 Å². The standard InChI is InChI=1S/C11H18N2O4/c12-9(14)7-13(8-3-1-2-4-8)10(15)5-6-11(16)17/h8H,1-7H2,(H2,12,14)(H,16,17). The topological polar surface area (TPSA) is 101 Å². The van der Waals surface area contributed by atoms with Gasteiger partial charge in [0.15, 0.2) is 0 Å². The summed E-state index contributed by atoms with van der Waals surface area (Å²) in [5.74, 6) is -1.86. The van der Waals surface area contributed by atoms with E-state index >= 15 is 0 Å². The zero-order valence-corrected chi connectivity index (χ0v) is 9.72. The van der Waals surface area contributed by atoms with Gasteiger partial charge in [0.1, 0.15) is 0 Å². The molecule has 2 amide bonds. The van der Waals surface area contributed by atoms with Gasteiger partial charge in [-0.15, -0.1) is 0 Å². The molecule has 3 N–H and O–H groups in total. The molecule has 0 saturated heterocycles. The number of hydrogen-bond donors (Lipinski definition) is 2. The highest BCUT2D eigenvalue weighted by molar-refractivity contribution is 5.85. The number of hydrogen-bond acceptors (Lipinski definition) is 3. The van der Waals surface area contributed by atoms with Crippen LogP contribution >= 0.6 is 0 Å². The Hall–Kier alpha value is -1.59. The molecule has 1 fully saturated rings. The van der Waals surface area contributed by atoms with Crippen LogP contribution in [0.2, 0.25) is 0 Å². The van der Waals surface area contributed by atoms with Gasteiger partial charge >= 0.3 is 5.97 Å². The van der Waals surface area contributed by atoms with Crippen molar-refractivity contribution in [2.24, 2.45) is 5.73 Å². The molecule has 17 heavy (non-hydrogen) atoms. The van der Waals surface area contributed by atoms with Gasteiger partial charge in [0.2, 0.25) is 11.8 Å². The van der Waals surface area contributed by atoms with Gasteiger partial charge in [0, 0.05) is 12.5 Å². The van der Waals surface area contributed by atoms with Gasteiger partial charge in [-0.1, -0.05) is 12.8 Å². The molecule has 0 bridgehead atoms. The summed E-state index contributed by atoms with van der Waals surface area (Å²) < 4.78 is 0. The number of carbonyl (C=O) groups excluding carboxylic acids is 2. The third-order valence-corrected chi connectivity index (χ3v) is 2.96. The molecule has 0 radical (unpaired) electrons. The average molecular weight is 242 g/mol. The third-order valence-electron chi connectivity index (χ3n) is 2.96.